The van der Waals surface area contributed by atoms with Gasteiger partial charge in [-0.15, -0.1) is 0 Å². The lowest BCUT2D eigenvalue weighted by Crippen LogP contribution is -2.45. The number of hydrogen-bond acceptors (Lipinski definition) is 4. The van der Waals surface area contributed by atoms with Gasteiger partial charge in [-0.25, -0.2) is 17.5 Å². The van der Waals surface area contributed by atoms with Crippen LogP contribution in [0.4, 0.5) is 10.1 Å². The summed E-state index contributed by atoms with van der Waals surface area (Å²) in [5.74, 6) is -0.855. The number of halogens is 1. The van der Waals surface area contributed by atoms with Crippen molar-refractivity contribution in [2.75, 3.05) is 5.73 Å². The first-order chi connectivity index (χ1) is 8.90. The topological polar surface area (TPSA) is 92.4 Å². The van der Waals surface area contributed by atoms with Crippen LogP contribution in [0.5, 0.6) is 0 Å². The fraction of sp³-hybridized carbons (Fsp3) is 0.500. The predicted octanol–water partition coefficient (Wildman–Crippen LogP) is 0.990. The summed E-state index contributed by atoms with van der Waals surface area (Å²) < 4.78 is 40.1. The van der Waals surface area contributed by atoms with Gasteiger partial charge >= 0.3 is 0 Å². The number of anilines is 1. The first-order valence-corrected chi connectivity index (χ1v) is 7.64. The van der Waals surface area contributed by atoms with Gasteiger partial charge in [0.1, 0.15) is 10.7 Å². The first kappa shape index (κ1) is 14.2. The maximum Gasteiger partial charge on any atom is 0.243 e. The number of nitrogen functional groups attached to an aromatic ring is 1. The number of rotatable bonds is 3. The predicted molar refractivity (Wildman–Crippen MR) is 69.4 cm³/mol. The Morgan fingerprint density at radius 2 is 2.00 bits per heavy atom. The van der Waals surface area contributed by atoms with E-state index in [1.54, 1.807) is 0 Å². The van der Waals surface area contributed by atoms with Gasteiger partial charge < -0.3 is 10.8 Å². The van der Waals surface area contributed by atoms with E-state index in [4.69, 9.17) is 5.73 Å². The molecule has 0 unspecified atom stereocenters. The fourth-order valence-electron chi connectivity index (χ4n) is 2.24. The molecule has 1 fully saturated rings. The zero-order valence-electron chi connectivity index (χ0n) is 10.3. The second-order valence-corrected chi connectivity index (χ2v) is 6.45. The molecular formula is C12H17FN2O3S. The summed E-state index contributed by atoms with van der Waals surface area (Å²) in [6, 6.07) is 2.82. The number of sulfonamides is 1. The third-order valence-corrected chi connectivity index (χ3v) is 4.79. The van der Waals surface area contributed by atoms with Crippen molar-refractivity contribution in [2.24, 2.45) is 0 Å². The smallest absolute Gasteiger partial charge is 0.243 e. The molecule has 0 saturated heterocycles. The zero-order valence-corrected chi connectivity index (χ0v) is 11.2. The Morgan fingerprint density at radius 3 is 2.68 bits per heavy atom. The number of nitrogens with two attached hydrogens (primary N) is 1. The summed E-state index contributed by atoms with van der Waals surface area (Å²) in [6.45, 7) is 0. The number of hydrogen-bond donors (Lipinski definition) is 3. The maximum absolute atomic E-state index is 13.6. The monoisotopic (exact) mass is 288 g/mol. The number of benzene rings is 1. The molecule has 1 saturated carbocycles. The lowest BCUT2D eigenvalue weighted by Gasteiger charge is -2.28. The molecule has 0 bridgehead atoms. The van der Waals surface area contributed by atoms with Gasteiger partial charge in [0.15, 0.2) is 0 Å². The molecule has 2 rings (SSSR count). The molecule has 0 heterocycles. The SMILES string of the molecule is Nc1ccc(F)c(S(=O)(=O)N[C@@H]2CCCC[C@H]2O)c1. The maximum atomic E-state index is 13.6. The molecule has 1 aliphatic carbocycles. The van der Waals surface area contributed by atoms with E-state index in [1.807, 2.05) is 0 Å². The largest absolute Gasteiger partial charge is 0.399 e. The third-order valence-electron chi connectivity index (χ3n) is 3.28. The van der Waals surface area contributed by atoms with Crippen LogP contribution in [0.3, 0.4) is 0 Å². The van der Waals surface area contributed by atoms with Gasteiger partial charge in [0.05, 0.1) is 6.10 Å². The highest BCUT2D eigenvalue weighted by molar-refractivity contribution is 7.89. The number of aliphatic hydroxyl groups is 1. The van der Waals surface area contributed by atoms with E-state index in [1.165, 1.54) is 6.07 Å². The summed E-state index contributed by atoms with van der Waals surface area (Å²) in [5.41, 5.74) is 5.65. The highest BCUT2D eigenvalue weighted by Gasteiger charge is 2.29. The van der Waals surface area contributed by atoms with E-state index in [-0.39, 0.29) is 5.69 Å². The molecule has 5 nitrogen and oxygen atoms in total. The van der Waals surface area contributed by atoms with E-state index >= 15 is 0 Å². The Kier molecular flexibility index (Phi) is 4.07. The minimum absolute atomic E-state index is 0.172. The van der Waals surface area contributed by atoms with E-state index < -0.39 is 32.9 Å². The van der Waals surface area contributed by atoms with Gasteiger partial charge in [-0.1, -0.05) is 12.8 Å². The van der Waals surface area contributed by atoms with Crippen LogP contribution in [-0.2, 0) is 10.0 Å². The van der Waals surface area contributed by atoms with Crippen molar-refractivity contribution in [1.29, 1.82) is 0 Å². The van der Waals surface area contributed by atoms with Crippen molar-refractivity contribution in [1.82, 2.24) is 4.72 Å². The Balaban J connectivity index is 2.24. The molecule has 0 aliphatic heterocycles. The first-order valence-electron chi connectivity index (χ1n) is 6.15. The van der Waals surface area contributed by atoms with Crippen LogP contribution >= 0.6 is 0 Å². The van der Waals surface area contributed by atoms with Crippen molar-refractivity contribution >= 4 is 15.7 Å². The van der Waals surface area contributed by atoms with Gasteiger partial charge in [-0.3, -0.25) is 0 Å². The summed E-state index contributed by atoms with van der Waals surface area (Å²) >= 11 is 0. The van der Waals surface area contributed by atoms with Crippen LogP contribution in [0.25, 0.3) is 0 Å². The average Bonchev–Trinajstić information content (AvgIpc) is 2.35. The van der Waals surface area contributed by atoms with Gasteiger partial charge in [-0.2, -0.15) is 0 Å². The Hall–Kier alpha value is -1.18. The van der Waals surface area contributed by atoms with Crippen LogP contribution in [0, 0.1) is 5.82 Å². The van der Waals surface area contributed by atoms with E-state index in [0.29, 0.717) is 12.8 Å². The molecule has 0 amide bonds. The second-order valence-electron chi connectivity index (χ2n) is 4.77. The van der Waals surface area contributed by atoms with Crippen LogP contribution in [0.15, 0.2) is 23.1 Å². The van der Waals surface area contributed by atoms with Crippen molar-refractivity contribution in [3.63, 3.8) is 0 Å². The van der Waals surface area contributed by atoms with Gasteiger partial charge in [0.25, 0.3) is 0 Å². The summed E-state index contributed by atoms with van der Waals surface area (Å²) in [5, 5.41) is 9.76. The number of nitrogens with one attached hydrogen (secondary N) is 1. The molecule has 0 spiro atoms. The molecule has 7 heteroatoms. The molecule has 19 heavy (non-hydrogen) atoms. The summed E-state index contributed by atoms with van der Waals surface area (Å²) in [7, 11) is -4.01. The van der Waals surface area contributed by atoms with Crippen molar-refractivity contribution in [3.8, 4) is 0 Å². The molecule has 1 aliphatic rings. The molecule has 106 valence electrons. The van der Waals surface area contributed by atoms with E-state index in [2.05, 4.69) is 4.72 Å². The van der Waals surface area contributed by atoms with Crippen molar-refractivity contribution < 1.29 is 17.9 Å². The van der Waals surface area contributed by atoms with E-state index in [0.717, 1.165) is 25.0 Å². The zero-order chi connectivity index (χ0) is 14.0. The van der Waals surface area contributed by atoms with Gasteiger partial charge in [0.2, 0.25) is 10.0 Å². The van der Waals surface area contributed by atoms with Crippen LogP contribution in [0.1, 0.15) is 25.7 Å². The standard InChI is InChI=1S/C12H17FN2O3S/c13-9-6-5-8(14)7-12(9)19(17,18)15-10-3-1-2-4-11(10)16/h5-7,10-11,15-16H,1-4,14H2/t10-,11-/m1/s1. The lowest BCUT2D eigenvalue weighted by molar-refractivity contribution is 0.101. The minimum Gasteiger partial charge on any atom is -0.399 e. The molecule has 1 aromatic rings. The third kappa shape index (κ3) is 3.23. The average molecular weight is 288 g/mol. The molecule has 0 aromatic heterocycles. The lowest BCUT2D eigenvalue weighted by atomic mass is 9.93. The molecule has 4 N–H and O–H groups in total. The summed E-state index contributed by atoms with van der Waals surface area (Å²) in [6.07, 6.45) is 2.07. The van der Waals surface area contributed by atoms with Crippen LogP contribution in [0.2, 0.25) is 0 Å². The van der Waals surface area contributed by atoms with Gasteiger partial charge in [-0.05, 0) is 31.0 Å². The fourth-order valence-corrected chi connectivity index (χ4v) is 3.65. The molecule has 0 radical (unpaired) electrons. The normalized spacial score (nSPS) is 24.3. The van der Waals surface area contributed by atoms with Crippen LogP contribution in [-0.4, -0.2) is 25.7 Å². The molecule has 2 atom stereocenters. The van der Waals surface area contributed by atoms with E-state index in [9.17, 15) is 17.9 Å². The number of aliphatic hydroxyl groups excluding tert-OH is 1. The quantitative estimate of drug-likeness (QED) is 0.723. The molecule has 1 aromatic carbocycles. The van der Waals surface area contributed by atoms with Crippen molar-refractivity contribution in [3.05, 3.63) is 24.0 Å². The second kappa shape index (κ2) is 5.44. The Labute approximate surface area is 111 Å². The minimum atomic E-state index is -4.01. The summed E-state index contributed by atoms with van der Waals surface area (Å²) in [4.78, 5) is -0.481. The highest BCUT2D eigenvalue weighted by Crippen LogP contribution is 2.22. The van der Waals surface area contributed by atoms with Crippen LogP contribution < -0.4 is 10.5 Å². The molecular weight excluding hydrogens is 271 g/mol. The van der Waals surface area contributed by atoms with Crippen molar-refractivity contribution in [2.45, 2.75) is 42.7 Å². The Bertz CT molecular complexity index is 562. The highest BCUT2D eigenvalue weighted by atomic mass is 32.2. The van der Waals surface area contributed by atoms with Gasteiger partial charge in [0, 0.05) is 11.7 Å². The Morgan fingerprint density at radius 1 is 1.32 bits per heavy atom.